The molecule has 0 fully saturated rings. The minimum atomic E-state index is -0.366. The maximum Gasteiger partial charge on any atom is 0.345 e. The van der Waals surface area contributed by atoms with E-state index < -0.39 is 0 Å². The minimum absolute atomic E-state index is 0.171. The van der Waals surface area contributed by atoms with Crippen molar-refractivity contribution in [3.8, 4) is 0 Å². The summed E-state index contributed by atoms with van der Waals surface area (Å²) in [5.41, 5.74) is 1.37. The van der Waals surface area contributed by atoms with Crippen LogP contribution in [0.15, 0.2) is 11.0 Å². The molecule has 0 saturated carbocycles. The monoisotopic (exact) mass is 194 g/mol. The van der Waals surface area contributed by atoms with E-state index in [-0.39, 0.29) is 17.6 Å². The van der Waals surface area contributed by atoms with E-state index in [1.807, 2.05) is 0 Å². The van der Waals surface area contributed by atoms with Gasteiger partial charge in [-0.25, -0.2) is 9.78 Å². The molecule has 0 aromatic carbocycles. The number of aromatic amines is 1. The highest BCUT2D eigenvalue weighted by Crippen LogP contribution is 2.23. The van der Waals surface area contributed by atoms with E-state index in [0.29, 0.717) is 12.8 Å². The summed E-state index contributed by atoms with van der Waals surface area (Å²) in [5, 5.41) is 0. The van der Waals surface area contributed by atoms with Gasteiger partial charge in [0.15, 0.2) is 0 Å². The van der Waals surface area contributed by atoms with Crippen LogP contribution in [0, 0.1) is 5.92 Å². The van der Waals surface area contributed by atoms with Crippen molar-refractivity contribution in [2.45, 2.75) is 12.8 Å². The number of methoxy groups -OCH3 is 1. The van der Waals surface area contributed by atoms with Gasteiger partial charge in [-0.3, -0.25) is 4.79 Å². The van der Waals surface area contributed by atoms with Crippen molar-refractivity contribution in [2.24, 2.45) is 5.92 Å². The summed E-state index contributed by atoms with van der Waals surface area (Å²) < 4.78 is 4.64. The highest BCUT2D eigenvalue weighted by Gasteiger charge is 2.28. The number of rotatable bonds is 1. The smallest absolute Gasteiger partial charge is 0.345 e. The summed E-state index contributed by atoms with van der Waals surface area (Å²) in [6, 6.07) is 0. The van der Waals surface area contributed by atoms with Crippen molar-refractivity contribution in [2.75, 3.05) is 7.11 Å². The molecule has 0 aliphatic heterocycles. The third kappa shape index (κ3) is 1.41. The maximum absolute atomic E-state index is 11.2. The summed E-state index contributed by atoms with van der Waals surface area (Å²) in [4.78, 5) is 28.4. The van der Waals surface area contributed by atoms with Crippen molar-refractivity contribution in [3.05, 3.63) is 27.9 Å². The van der Waals surface area contributed by atoms with Crippen molar-refractivity contribution >= 4 is 5.97 Å². The molecule has 74 valence electrons. The van der Waals surface area contributed by atoms with Crippen LogP contribution in [0.25, 0.3) is 0 Å². The molecule has 0 radical (unpaired) electrons. The van der Waals surface area contributed by atoms with Crippen LogP contribution in [0.4, 0.5) is 0 Å². The normalized spacial score (nSPS) is 19.1. The summed E-state index contributed by atoms with van der Waals surface area (Å²) in [6.07, 6.45) is 2.67. The molecule has 2 rings (SSSR count). The Kier molecular flexibility index (Phi) is 2.07. The molecule has 14 heavy (non-hydrogen) atoms. The Morgan fingerprint density at radius 3 is 3.14 bits per heavy atom. The number of esters is 1. The average Bonchev–Trinajstić information content (AvgIpc) is 2.59. The first-order valence-corrected chi connectivity index (χ1v) is 4.35. The van der Waals surface area contributed by atoms with Gasteiger partial charge in [0.1, 0.15) is 0 Å². The predicted octanol–water partition coefficient (Wildman–Crippen LogP) is -0.342. The number of fused-ring (bicyclic) bond motifs is 1. The van der Waals surface area contributed by atoms with Crippen molar-refractivity contribution in [1.29, 1.82) is 0 Å². The third-order valence-electron chi connectivity index (χ3n) is 2.43. The van der Waals surface area contributed by atoms with E-state index in [9.17, 15) is 9.59 Å². The van der Waals surface area contributed by atoms with Crippen molar-refractivity contribution in [3.63, 3.8) is 0 Å². The Morgan fingerprint density at radius 1 is 1.64 bits per heavy atom. The summed E-state index contributed by atoms with van der Waals surface area (Å²) in [5.74, 6) is -0.406. The van der Waals surface area contributed by atoms with E-state index in [1.54, 1.807) is 0 Å². The number of aromatic nitrogens is 2. The number of H-pyrrole nitrogens is 1. The van der Waals surface area contributed by atoms with E-state index in [1.165, 1.54) is 13.3 Å². The molecule has 1 aliphatic rings. The standard InChI is InChI=1S/C9H10N2O3/c1-14-8(12)5-2-6-4-10-9(13)11-7(6)3-5/h4-5H,2-3H2,1H3,(H,10,11,13). The summed E-state index contributed by atoms with van der Waals surface area (Å²) in [6.45, 7) is 0. The molecule has 0 amide bonds. The number of carbonyl (C=O) groups excluding carboxylic acids is 1. The lowest BCUT2D eigenvalue weighted by Gasteiger charge is -2.03. The zero-order valence-electron chi connectivity index (χ0n) is 7.74. The number of carbonyl (C=O) groups is 1. The molecule has 1 N–H and O–H groups in total. The molecule has 1 aromatic rings. The summed E-state index contributed by atoms with van der Waals surface area (Å²) >= 11 is 0. The fourth-order valence-electron chi connectivity index (χ4n) is 1.73. The molecular weight excluding hydrogens is 184 g/mol. The van der Waals surface area contributed by atoms with Crippen LogP contribution < -0.4 is 5.69 Å². The zero-order valence-corrected chi connectivity index (χ0v) is 7.74. The quantitative estimate of drug-likeness (QED) is 0.621. The Labute approximate surface area is 80.1 Å². The van der Waals surface area contributed by atoms with Gasteiger partial charge in [-0.05, 0) is 12.0 Å². The van der Waals surface area contributed by atoms with E-state index in [0.717, 1.165) is 11.3 Å². The number of hydrogen-bond acceptors (Lipinski definition) is 4. The van der Waals surface area contributed by atoms with Gasteiger partial charge in [0, 0.05) is 18.3 Å². The van der Waals surface area contributed by atoms with E-state index in [2.05, 4.69) is 14.7 Å². The van der Waals surface area contributed by atoms with Crippen LogP contribution in [0.3, 0.4) is 0 Å². The van der Waals surface area contributed by atoms with Crippen LogP contribution in [0.1, 0.15) is 11.3 Å². The average molecular weight is 194 g/mol. The van der Waals surface area contributed by atoms with Gasteiger partial charge < -0.3 is 9.72 Å². The van der Waals surface area contributed by atoms with Gasteiger partial charge in [0.2, 0.25) is 0 Å². The second kappa shape index (κ2) is 3.25. The molecule has 1 aliphatic carbocycles. The van der Waals surface area contributed by atoms with Crippen LogP contribution in [0.5, 0.6) is 0 Å². The minimum Gasteiger partial charge on any atom is -0.469 e. The second-order valence-corrected chi connectivity index (χ2v) is 3.32. The fourth-order valence-corrected chi connectivity index (χ4v) is 1.73. The number of hydrogen-bond donors (Lipinski definition) is 1. The molecule has 1 atom stereocenters. The van der Waals surface area contributed by atoms with Crippen LogP contribution in [0.2, 0.25) is 0 Å². The van der Waals surface area contributed by atoms with Gasteiger partial charge in [-0.2, -0.15) is 0 Å². The van der Waals surface area contributed by atoms with E-state index in [4.69, 9.17) is 0 Å². The molecule has 1 unspecified atom stereocenters. The van der Waals surface area contributed by atoms with Crippen molar-refractivity contribution < 1.29 is 9.53 Å². The molecular formula is C9H10N2O3. The van der Waals surface area contributed by atoms with Crippen LogP contribution in [-0.4, -0.2) is 23.0 Å². The largest absolute Gasteiger partial charge is 0.469 e. The molecule has 1 aromatic heterocycles. The first-order chi connectivity index (χ1) is 6.70. The Bertz CT molecular complexity index is 424. The van der Waals surface area contributed by atoms with Gasteiger partial charge in [0.05, 0.1) is 13.0 Å². The Hall–Kier alpha value is -1.65. The molecule has 1 heterocycles. The number of nitrogens with zero attached hydrogens (tertiary/aromatic N) is 1. The Morgan fingerprint density at radius 2 is 2.43 bits per heavy atom. The maximum atomic E-state index is 11.2. The zero-order chi connectivity index (χ0) is 10.1. The summed E-state index contributed by atoms with van der Waals surface area (Å²) in [7, 11) is 1.37. The van der Waals surface area contributed by atoms with Crippen LogP contribution in [-0.2, 0) is 22.4 Å². The highest BCUT2D eigenvalue weighted by atomic mass is 16.5. The number of ether oxygens (including phenoxy) is 1. The molecule has 5 heteroatoms. The fraction of sp³-hybridized carbons (Fsp3) is 0.444. The first-order valence-electron chi connectivity index (χ1n) is 4.35. The molecule has 0 spiro atoms. The Balaban J connectivity index is 2.26. The number of nitrogens with one attached hydrogen (secondary N) is 1. The van der Waals surface area contributed by atoms with Gasteiger partial charge in [0.25, 0.3) is 0 Å². The molecule has 0 bridgehead atoms. The second-order valence-electron chi connectivity index (χ2n) is 3.32. The van der Waals surface area contributed by atoms with Crippen molar-refractivity contribution in [1.82, 2.24) is 9.97 Å². The van der Waals surface area contributed by atoms with E-state index >= 15 is 0 Å². The molecule has 5 nitrogen and oxygen atoms in total. The van der Waals surface area contributed by atoms with Gasteiger partial charge >= 0.3 is 11.7 Å². The first kappa shape index (κ1) is 8.93. The lowest BCUT2D eigenvalue weighted by Crippen LogP contribution is -2.16. The highest BCUT2D eigenvalue weighted by molar-refractivity contribution is 5.74. The molecule has 0 saturated heterocycles. The third-order valence-corrected chi connectivity index (χ3v) is 2.43. The lowest BCUT2D eigenvalue weighted by molar-refractivity contribution is -0.145. The van der Waals surface area contributed by atoms with Crippen LogP contribution >= 0.6 is 0 Å². The SMILES string of the molecule is COC(=O)C1Cc2cnc(=O)[nH]c2C1. The topological polar surface area (TPSA) is 72.0 Å². The lowest BCUT2D eigenvalue weighted by atomic mass is 10.1. The predicted molar refractivity (Wildman–Crippen MR) is 47.8 cm³/mol. The van der Waals surface area contributed by atoms with Gasteiger partial charge in [-0.1, -0.05) is 0 Å². The van der Waals surface area contributed by atoms with Gasteiger partial charge in [-0.15, -0.1) is 0 Å².